The Morgan fingerprint density at radius 1 is 1.18 bits per heavy atom. The fourth-order valence-electron chi connectivity index (χ4n) is 2.67. The largest absolute Gasteiger partial charge is 0.374 e. The van der Waals surface area contributed by atoms with Crippen LogP contribution in [-0.2, 0) is 4.74 Å². The third-order valence-electron chi connectivity index (χ3n) is 3.77. The summed E-state index contributed by atoms with van der Waals surface area (Å²) < 4.78 is 5.72. The van der Waals surface area contributed by atoms with Gasteiger partial charge >= 0.3 is 0 Å². The van der Waals surface area contributed by atoms with Crippen molar-refractivity contribution < 1.29 is 4.74 Å². The number of likely N-dealkylation sites (N-methyl/N-ethyl adjacent to an activating group) is 1. The molecule has 4 heteroatoms. The zero-order chi connectivity index (χ0) is 11.9. The molecule has 1 N–H and O–H groups in total. The van der Waals surface area contributed by atoms with Crippen LogP contribution in [0.1, 0.15) is 19.3 Å². The highest BCUT2D eigenvalue weighted by atomic mass is 16.5. The number of piperidine rings is 1. The molecule has 0 aromatic carbocycles. The Kier molecular flexibility index (Phi) is 5.71. The fraction of sp³-hybridized carbons (Fsp3) is 1.00. The molecule has 100 valence electrons. The van der Waals surface area contributed by atoms with E-state index in [1.807, 2.05) is 0 Å². The molecule has 0 aromatic heterocycles. The van der Waals surface area contributed by atoms with Crippen molar-refractivity contribution in [2.24, 2.45) is 0 Å². The summed E-state index contributed by atoms with van der Waals surface area (Å²) in [5, 5.41) is 3.53. The van der Waals surface area contributed by atoms with Crippen molar-refractivity contribution in [1.82, 2.24) is 15.1 Å². The minimum absolute atomic E-state index is 0.384. The highest BCUT2D eigenvalue weighted by Crippen LogP contribution is 2.07. The molecule has 2 rings (SSSR count). The molecule has 0 saturated carbocycles. The lowest BCUT2D eigenvalue weighted by Gasteiger charge is -2.31. The second-order valence-corrected chi connectivity index (χ2v) is 5.36. The molecule has 0 aliphatic carbocycles. The lowest BCUT2D eigenvalue weighted by molar-refractivity contribution is -0.0182. The van der Waals surface area contributed by atoms with E-state index in [2.05, 4.69) is 22.2 Å². The van der Waals surface area contributed by atoms with Crippen molar-refractivity contribution in [3.63, 3.8) is 0 Å². The smallest absolute Gasteiger partial charge is 0.0826 e. The van der Waals surface area contributed by atoms with Crippen molar-refractivity contribution in [2.75, 3.05) is 59.5 Å². The van der Waals surface area contributed by atoms with Gasteiger partial charge in [-0.1, -0.05) is 6.42 Å². The normalized spacial score (nSPS) is 28.4. The molecule has 0 bridgehead atoms. The van der Waals surface area contributed by atoms with Crippen LogP contribution >= 0.6 is 0 Å². The molecule has 2 fully saturated rings. The van der Waals surface area contributed by atoms with Gasteiger partial charge in [-0.3, -0.25) is 0 Å². The molecule has 2 aliphatic rings. The Hall–Kier alpha value is -0.160. The van der Waals surface area contributed by atoms with E-state index in [1.165, 1.54) is 38.9 Å². The third-order valence-corrected chi connectivity index (χ3v) is 3.77. The van der Waals surface area contributed by atoms with Crippen molar-refractivity contribution >= 4 is 0 Å². The van der Waals surface area contributed by atoms with Gasteiger partial charge in [0.2, 0.25) is 0 Å². The van der Waals surface area contributed by atoms with E-state index in [-0.39, 0.29) is 0 Å². The van der Waals surface area contributed by atoms with Crippen LogP contribution < -0.4 is 5.32 Å². The predicted molar refractivity (Wildman–Crippen MR) is 70.4 cm³/mol. The third kappa shape index (κ3) is 4.92. The van der Waals surface area contributed by atoms with Gasteiger partial charge in [0.1, 0.15) is 0 Å². The molecule has 0 spiro atoms. The van der Waals surface area contributed by atoms with E-state index in [1.54, 1.807) is 0 Å². The zero-order valence-electron chi connectivity index (χ0n) is 11.2. The van der Waals surface area contributed by atoms with Gasteiger partial charge in [0.05, 0.1) is 12.7 Å². The second-order valence-electron chi connectivity index (χ2n) is 5.36. The van der Waals surface area contributed by atoms with Gasteiger partial charge < -0.3 is 19.9 Å². The monoisotopic (exact) mass is 241 g/mol. The number of hydrogen-bond acceptors (Lipinski definition) is 4. The molecule has 0 amide bonds. The number of nitrogens with one attached hydrogen (secondary N) is 1. The van der Waals surface area contributed by atoms with E-state index >= 15 is 0 Å². The Labute approximate surface area is 105 Å². The van der Waals surface area contributed by atoms with Gasteiger partial charge in [-0.05, 0) is 33.0 Å². The number of ether oxygens (including phenoxy) is 1. The molecule has 2 aliphatic heterocycles. The van der Waals surface area contributed by atoms with Crippen LogP contribution in [0.15, 0.2) is 0 Å². The maximum atomic E-state index is 5.72. The topological polar surface area (TPSA) is 27.7 Å². The van der Waals surface area contributed by atoms with E-state index in [4.69, 9.17) is 4.74 Å². The summed E-state index contributed by atoms with van der Waals surface area (Å²) in [5.74, 6) is 0. The van der Waals surface area contributed by atoms with Gasteiger partial charge in [0.15, 0.2) is 0 Å². The van der Waals surface area contributed by atoms with Crippen LogP contribution in [0.4, 0.5) is 0 Å². The van der Waals surface area contributed by atoms with Crippen LogP contribution in [0.3, 0.4) is 0 Å². The van der Waals surface area contributed by atoms with E-state index < -0.39 is 0 Å². The molecule has 0 radical (unpaired) electrons. The molecular weight excluding hydrogens is 214 g/mol. The Balaban J connectivity index is 1.50. The van der Waals surface area contributed by atoms with Crippen molar-refractivity contribution in [1.29, 1.82) is 0 Å². The first kappa shape index (κ1) is 13.3. The van der Waals surface area contributed by atoms with Crippen LogP contribution in [0.25, 0.3) is 0 Å². The average Bonchev–Trinajstić information content (AvgIpc) is 2.36. The lowest BCUT2D eigenvalue weighted by Crippen LogP contribution is -2.46. The molecule has 2 heterocycles. The molecule has 2 saturated heterocycles. The lowest BCUT2D eigenvalue weighted by atomic mass is 10.1. The van der Waals surface area contributed by atoms with E-state index in [0.717, 1.165) is 32.8 Å². The van der Waals surface area contributed by atoms with Gasteiger partial charge in [-0.2, -0.15) is 0 Å². The van der Waals surface area contributed by atoms with Crippen molar-refractivity contribution in [3.8, 4) is 0 Å². The predicted octanol–water partition coefficient (Wildman–Crippen LogP) is 0.393. The number of rotatable bonds is 5. The van der Waals surface area contributed by atoms with Crippen molar-refractivity contribution in [3.05, 3.63) is 0 Å². The Bertz CT molecular complexity index is 207. The van der Waals surface area contributed by atoms with E-state index in [0.29, 0.717) is 6.10 Å². The first-order valence-corrected chi connectivity index (χ1v) is 7.08. The number of nitrogens with zero attached hydrogens (tertiary/aromatic N) is 2. The second kappa shape index (κ2) is 7.31. The molecule has 17 heavy (non-hydrogen) atoms. The van der Waals surface area contributed by atoms with Gasteiger partial charge in [-0.15, -0.1) is 0 Å². The summed E-state index contributed by atoms with van der Waals surface area (Å²) in [6, 6.07) is 0. The summed E-state index contributed by atoms with van der Waals surface area (Å²) >= 11 is 0. The number of likely N-dealkylation sites (tertiary alicyclic amines) is 1. The molecule has 1 atom stereocenters. The molecule has 1 unspecified atom stereocenters. The van der Waals surface area contributed by atoms with Gasteiger partial charge in [-0.25, -0.2) is 0 Å². The minimum atomic E-state index is 0.384. The molecule has 0 aromatic rings. The van der Waals surface area contributed by atoms with Gasteiger partial charge in [0, 0.05) is 32.7 Å². The standard InChI is InChI=1S/C13H27N3O/c1-15-9-10-17-13(12-15)11-14-5-8-16-6-3-2-4-7-16/h13-14H,2-12H2,1H3. The fourth-order valence-corrected chi connectivity index (χ4v) is 2.67. The first-order valence-electron chi connectivity index (χ1n) is 7.08. The maximum Gasteiger partial charge on any atom is 0.0826 e. The van der Waals surface area contributed by atoms with Crippen LogP contribution in [0, 0.1) is 0 Å². The molecule has 4 nitrogen and oxygen atoms in total. The Morgan fingerprint density at radius 3 is 2.76 bits per heavy atom. The minimum Gasteiger partial charge on any atom is -0.374 e. The summed E-state index contributed by atoms with van der Waals surface area (Å²) in [4.78, 5) is 4.92. The quantitative estimate of drug-likeness (QED) is 0.705. The summed E-state index contributed by atoms with van der Waals surface area (Å²) in [5.41, 5.74) is 0. The van der Waals surface area contributed by atoms with Crippen LogP contribution in [0.5, 0.6) is 0 Å². The SMILES string of the molecule is CN1CCOC(CNCCN2CCCCC2)C1. The Morgan fingerprint density at radius 2 is 2.00 bits per heavy atom. The number of hydrogen-bond donors (Lipinski definition) is 1. The molecular formula is C13H27N3O. The summed E-state index contributed by atoms with van der Waals surface area (Å²) in [7, 11) is 2.17. The highest BCUT2D eigenvalue weighted by molar-refractivity contribution is 4.72. The summed E-state index contributed by atoms with van der Waals surface area (Å²) in [6.07, 6.45) is 4.58. The van der Waals surface area contributed by atoms with Crippen LogP contribution in [-0.4, -0.2) is 75.4 Å². The van der Waals surface area contributed by atoms with Crippen LogP contribution in [0.2, 0.25) is 0 Å². The van der Waals surface area contributed by atoms with Crippen molar-refractivity contribution in [2.45, 2.75) is 25.4 Å². The summed E-state index contributed by atoms with van der Waals surface area (Å²) in [6.45, 7) is 8.91. The maximum absolute atomic E-state index is 5.72. The zero-order valence-corrected chi connectivity index (χ0v) is 11.2. The average molecular weight is 241 g/mol. The van der Waals surface area contributed by atoms with Gasteiger partial charge in [0.25, 0.3) is 0 Å². The highest BCUT2D eigenvalue weighted by Gasteiger charge is 2.17. The number of morpholine rings is 1. The van der Waals surface area contributed by atoms with E-state index in [9.17, 15) is 0 Å². The first-order chi connectivity index (χ1) is 8.34.